The maximum absolute atomic E-state index is 12.7. The fourth-order valence-electron chi connectivity index (χ4n) is 2.90. The van der Waals surface area contributed by atoms with Gasteiger partial charge in [-0.25, -0.2) is 8.42 Å². The average molecular weight is 514 g/mol. The van der Waals surface area contributed by atoms with Crippen molar-refractivity contribution in [3.05, 3.63) is 41.3 Å². The summed E-state index contributed by atoms with van der Waals surface area (Å²) < 4.78 is 51.9. The molecule has 3 aromatic heterocycles. The van der Waals surface area contributed by atoms with Crippen LogP contribution in [-0.2, 0) is 10.0 Å². The van der Waals surface area contributed by atoms with Gasteiger partial charge in [0.15, 0.2) is 21.1 Å². The Morgan fingerprint density at radius 1 is 1.39 bits per heavy atom. The van der Waals surface area contributed by atoms with Gasteiger partial charge in [0.2, 0.25) is 11.6 Å². The smallest absolute Gasteiger partial charge is 0.277 e. The van der Waals surface area contributed by atoms with Crippen molar-refractivity contribution in [2.75, 3.05) is 17.7 Å². The molecule has 0 aliphatic carbocycles. The highest BCUT2D eigenvalue weighted by atomic mass is 32.2. The van der Waals surface area contributed by atoms with Crippen molar-refractivity contribution in [2.24, 2.45) is 0 Å². The SMILES string of the molecule is C=C(C)N(C)S(=O)(=O)c1scc(Nc2n[s+]([O-])nc2N[C@H](CC)c2cc(C(C)C)co2)c1O. The Kier molecular flexibility index (Phi) is 7.36. The second-order valence-corrected chi connectivity index (χ2v) is 11.6. The van der Waals surface area contributed by atoms with E-state index >= 15 is 0 Å². The fraction of sp³-hybridized carbons (Fsp3) is 0.400. The molecule has 3 aromatic rings. The molecule has 3 N–H and O–H groups in total. The maximum Gasteiger partial charge on any atom is 0.277 e. The molecule has 0 spiro atoms. The summed E-state index contributed by atoms with van der Waals surface area (Å²) in [6.45, 7) is 11.3. The molecule has 0 radical (unpaired) electrons. The molecule has 2 atom stereocenters. The molecular formula is C20H27N5O5S3. The summed E-state index contributed by atoms with van der Waals surface area (Å²) in [6, 6.07) is 1.71. The Morgan fingerprint density at radius 2 is 2.06 bits per heavy atom. The number of allylic oxidation sites excluding steroid dienone is 1. The highest BCUT2D eigenvalue weighted by Crippen LogP contribution is 2.42. The van der Waals surface area contributed by atoms with Crippen molar-refractivity contribution in [3.8, 4) is 5.75 Å². The van der Waals surface area contributed by atoms with Crippen LogP contribution in [-0.4, -0.2) is 38.2 Å². The van der Waals surface area contributed by atoms with Gasteiger partial charge in [-0.15, -0.1) is 11.3 Å². The molecule has 0 aromatic carbocycles. The van der Waals surface area contributed by atoms with Crippen LogP contribution in [0.2, 0.25) is 0 Å². The number of hydrogen-bond acceptors (Lipinski definition) is 10. The number of furan rings is 1. The first-order chi connectivity index (χ1) is 15.4. The van der Waals surface area contributed by atoms with Gasteiger partial charge in [0, 0.05) is 26.9 Å². The summed E-state index contributed by atoms with van der Waals surface area (Å²) in [6.07, 6.45) is 2.36. The van der Waals surface area contributed by atoms with E-state index in [9.17, 15) is 18.1 Å². The number of anilines is 3. The van der Waals surface area contributed by atoms with Crippen LogP contribution in [0.5, 0.6) is 5.75 Å². The molecule has 1 unspecified atom stereocenters. The van der Waals surface area contributed by atoms with Crippen molar-refractivity contribution >= 4 is 49.8 Å². The third kappa shape index (κ3) is 5.16. The molecule has 0 aliphatic rings. The highest BCUT2D eigenvalue weighted by Gasteiger charge is 2.29. The van der Waals surface area contributed by atoms with Crippen molar-refractivity contribution in [2.45, 2.75) is 50.3 Å². The topological polar surface area (TPSA) is 144 Å². The Bertz CT molecular complexity index is 1240. The van der Waals surface area contributed by atoms with E-state index in [1.165, 1.54) is 12.4 Å². The minimum Gasteiger partial charge on any atom is -0.546 e. The molecule has 0 fully saturated rings. The van der Waals surface area contributed by atoms with E-state index in [1.54, 1.807) is 13.2 Å². The van der Waals surface area contributed by atoms with Crippen LogP contribution < -0.4 is 10.6 Å². The Morgan fingerprint density at radius 3 is 2.64 bits per heavy atom. The normalized spacial score (nSPS) is 13.2. The lowest BCUT2D eigenvalue weighted by atomic mass is 10.1. The molecule has 0 aliphatic heterocycles. The molecule has 3 heterocycles. The highest BCUT2D eigenvalue weighted by molar-refractivity contribution is 7.91. The molecule has 13 heteroatoms. The molecule has 0 amide bonds. The summed E-state index contributed by atoms with van der Waals surface area (Å²) in [5.41, 5.74) is 1.47. The van der Waals surface area contributed by atoms with Gasteiger partial charge in [0.25, 0.3) is 10.0 Å². The Balaban J connectivity index is 1.87. The lowest BCUT2D eigenvalue weighted by Crippen LogP contribution is -2.24. The number of aromatic hydroxyl groups is 1. The number of nitrogens with one attached hydrogen (secondary N) is 2. The van der Waals surface area contributed by atoms with E-state index < -0.39 is 26.9 Å². The average Bonchev–Trinajstić information content (AvgIpc) is 3.45. The van der Waals surface area contributed by atoms with Crippen LogP contribution in [0.1, 0.15) is 57.4 Å². The van der Waals surface area contributed by atoms with Crippen molar-refractivity contribution in [3.63, 3.8) is 0 Å². The van der Waals surface area contributed by atoms with Gasteiger partial charge in [-0.05, 0) is 30.9 Å². The van der Waals surface area contributed by atoms with Gasteiger partial charge in [-0.1, -0.05) is 27.4 Å². The molecule has 180 valence electrons. The zero-order valence-electron chi connectivity index (χ0n) is 18.9. The van der Waals surface area contributed by atoms with Gasteiger partial charge < -0.3 is 24.7 Å². The van der Waals surface area contributed by atoms with Gasteiger partial charge in [0.05, 0.1) is 18.0 Å². The summed E-state index contributed by atoms with van der Waals surface area (Å²) in [7, 11) is -2.61. The fourth-order valence-corrected chi connectivity index (χ4v) is 6.12. The van der Waals surface area contributed by atoms with Gasteiger partial charge in [0.1, 0.15) is 5.76 Å². The van der Waals surface area contributed by atoms with Gasteiger partial charge >= 0.3 is 0 Å². The van der Waals surface area contributed by atoms with Crippen molar-refractivity contribution in [1.82, 2.24) is 13.1 Å². The first-order valence-corrected chi connectivity index (χ1v) is 13.5. The molecule has 0 saturated carbocycles. The maximum atomic E-state index is 12.7. The number of hydrogen-bond donors (Lipinski definition) is 3. The minimum atomic E-state index is -3.97. The standard InChI is InChI=1S/C20H27N5O5S3/c1-7-14(16-8-13(9-30-16)11(2)3)21-18-19(24-32(27)23-18)22-15-10-31-20(17(15)26)33(28,29)25(6)12(4)5/h8-11,14,26H,4,7H2,1-3,5-6H3,(H,21,23)(H,22,24)/t14-,32?/m1/s1. The first-order valence-electron chi connectivity index (χ1n) is 10.1. The van der Waals surface area contributed by atoms with Gasteiger partial charge in [-0.3, -0.25) is 4.31 Å². The van der Waals surface area contributed by atoms with Crippen molar-refractivity contribution in [1.29, 1.82) is 0 Å². The third-order valence-corrected chi connectivity index (χ3v) is 9.10. The molecule has 10 nitrogen and oxygen atoms in total. The molecule has 0 bridgehead atoms. The van der Waals surface area contributed by atoms with Crippen LogP contribution in [0.25, 0.3) is 0 Å². The zero-order valence-corrected chi connectivity index (χ0v) is 21.4. The molecule has 0 saturated heterocycles. The van der Waals surface area contributed by atoms with Crippen LogP contribution in [0.3, 0.4) is 0 Å². The van der Waals surface area contributed by atoms with E-state index in [2.05, 4.69) is 39.8 Å². The van der Waals surface area contributed by atoms with Crippen molar-refractivity contribution < 1.29 is 22.5 Å². The largest absolute Gasteiger partial charge is 0.546 e. The Hall–Kier alpha value is -2.61. The van der Waals surface area contributed by atoms with Crippen LogP contribution in [0, 0.1) is 0 Å². The molecular weight excluding hydrogens is 486 g/mol. The minimum absolute atomic E-state index is 0.106. The number of nitrogens with zero attached hydrogens (tertiary/aromatic N) is 3. The zero-order chi connectivity index (χ0) is 24.5. The van der Waals surface area contributed by atoms with Gasteiger partial charge in [-0.2, -0.15) is 0 Å². The number of rotatable bonds is 10. The summed E-state index contributed by atoms with van der Waals surface area (Å²) in [4.78, 5) is 0. The lowest BCUT2D eigenvalue weighted by Gasteiger charge is -2.18. The van der Waals surface area contributed by atoms with E-state index in [-0.39, 0.29) is 27.6 Å². The lowest BCUT2D eigenvalue weighted by molar-refractivity contribution is 0.461. The second kappa shape index (κ2) is 9.71. The van der Waals surface area contributed by atoms with Crippen LogP contribution in [0.4, 0.5) is 17.3 Å². The number of thiophene rings is 1. The summed E-state index contributed by atoms with van der Waals surface area (Å²) >= 11 is -1.01. The van der Waals surface area contributed by atoms with Crippen LogP contribution in [0.15, 0.2) is 38.6 Å². The Labute approximate surface area is 200 Å². The van der Waals surface area contributed by atoms with E-state index in [4.69, 9.17) is 4.42 Å². The monoisotopic (exact) mass is 513 g/mol. The van der Waals surface area contributed by atoms with E-state index in [0.717, 1.165) is 21.2 Å². The molecule has 3 rings (SSSR count). The second-order valence-electron chi connectivity index (χ2n) is 7.77. The molecule has 33 heavy (non-hydrogen) atoms. The van der Waals surface area contributed by atoms with Crippen LogP contribution >= 0.6 is 22.5 Å². The number of sulfonamides is 1. The summed E-state index contributed by atoms with van der Waals surface area (Å²) in [5.74, 6) is 0.888. The van der Waals surface area contributed by atoms with E-state index in [1.807, 2.05) is 13.0 Å². The number of aromatic nitrogens is 2. The quantitative estimate of drug-likeness (QED) is 0.313. The predicted molar refractivity (Wildman–Crippen MR) is 129 cm³/mol. The third-order valence-electron chi connectivity index (χ3n) is 5.05. The van der Waals surface area contributed by atoms with E-state index in [0.29, 0.717) is 23.8 Å². The predicted octanol–water partition coefficient (Wildman–Crippen LogP) is 5.15. The first kappa shape index (κ1) is 25.0. The summed E-state index contributed by atoms with van der Waals surface area (Å²) in [5, 5.41) is 18.0.